The van der Waals surface area contributed by atoms with E-state index in [1.807, 2.05) is 6.92 Å². The van der Waals surface area contributed by atoms with Crippen LogP contribution < -0.4 is 11.1 Å². The number of nitrogens with zero attached hydrogens (tertiary/aromatic N) is 2. The first kappa shape index (κ1) is 13.8. The lowest BCUT2D eigenvalue weighted by atomic mass is 10.1. The Balaban J connectivity index is 2.77. The van der Waals surface area contributed by atoms with Gasteiger partial charge in [-0.1, -0.05) is 19.6 Å². The number of hydrogen-bond acceptors (Lipinski definition) is 5. The SMILES string of the molecule is C=C/C=C(\O)CNc1nccc(/C(=C/N)CC)n1. The molecule has 0 aromatic carbocycles. The van der Waals surface area contributed by atoms with Crippen molar-refractivity contribution in [3.8, 4) is 0 Å². The second kappa shape index (κ2) is 7.11. The molecule has 0 bridgehead atoms. The average Bonchev–Trinajstić information content (AvgIpc) is 2.39. The van der Waals surface area contributed by atoms with Crippen LogP contribution in [0.1, 0.15) is 19.0 Å². The predicted octanol–water partition coefficient (Wildman–Crippen LogP) is 2.23. The number of allylic oxidation sites excluding steroid dienone is 3. The Hall–Kier alpha value is -2.30. The summed E-state index contributed by atoms with van der Waals surface area (Å²) in [4.78, 5) is 8.38. The van der Waals surface area contributed by atoms with Crippen LogP contribution in [0.2, 0.25) is 0 Å². The molecule has 1 aromatic heterocycles. The van der Waals surface area contributed by atoms with E-state index < -0.39 is 0 Å². The summed E-state index contributed by atoms with van der Waals surface area (Å²) in [6, 6.07) is 1.80. The summed E-state index contributed by atoms with van der Waals surface area (Å²) in [7, 11) is 0. The Morgan fingerprint density at radius 3 is 3.00 bits per heavy atom. The minimum Gasteiger partial charge on any atom is -0.510 e. The maximum absolute atomic E-state index is 9.42. The zero-order valence-corrected chi connectivity index (χ0v) is 10.4. The molecule has 0 radical (unpaired) electrons. The highest BCUT2D eigenvalue weighted by molar-refractivity contribution is 5.62. The molecule has 0 aliphatic heterocycles. The number of rotatable bonds is 6. The zero-order chi connectivity index (χ0) is 13.4. The van der Waals surface area contributed by atoms with E-state index in [2.05, 4.69) is 21.9 Å². The first-order valence-corrected chi connectivity index (χ1v) is 5.69. The average molecular weight is 246 g/mol. The van der Waals surface area contributed by atoms with Crippen LogP contribution in [-0.4, -0.2) is 21.6 Å². The molecular weight excluding hydrogens is 228 g/mol. The van der Waals surface area contributed by atoms with E-state index in [1.165, 1.54) is 12.2 Å². The number of nitrogens with two attached hydrogens (primary N) is 1. The normalized spacial score (nSPS) is 12.3. The van der Waals surface area contributed by atoms with Gasteiger partial charge >= 0.3 is 0 Å². The lowest BCUT2D eigenvalue weighted by molar-refractivity contribution is 0.407. The van der Waals surface area contributed by atoms with Crippen molar-refractivity contribution in [2.24, 2.45) is 5.73 Å². The van der Waals surface area contributed by atoms with Gasteiger partial charge in [0.05, 0.1) is 12.2 Å². The summed E-state index contributed by atoms with van der Waals surface area (Å²) in [6.45, 7) is 5.76. The third kappa shape index (κ3) is 3.93. The van der Waals surface area contributed by atoms with Crippen LogP contribution in [0.15, 0.2) is 43.0 Å². The van der Waals surface area contributed by atoms with Gasteiger partial charge in [0.15, 0.2) is 0 Å². The third-order valence-electron chi connectivity index (χ3n) is 2.30. The van der Waals surface area contributed by atoms with Gasteiger partial charge in [-0.2, -0.15) is 0 Å². The highest BCUT2D eigenvalue weighted by atomic mass is 16.3. The summed E-state index contributed by atoms with van der Waals surface area (Å²) in [5, 5.41) is 12.3. The van der Waals surface area contributed by atoms with Crippen molar-refractivity contribution in [3.05, 3.63) is 48.6 Å². The van der Waals surface area contributed by atoms with Gasteiger partial charge in [-0.25, -0.2) is 9.97 Å². The molecule has 5 nitrogen and oxygen atoms in total. The molecule has 18 heavy (non-hydrogen) atoms. The van der Waals surface area contributed by atoms with Crippen LogP contribution in [0.3, 0.4) is 0 Å². The summed E-state index contributed by atoms with van der Waals surface area (Å²) in [6.07, 6.45) is 7.02. The largest absolute Gasteiger partial charge is 0.510 e. The van der Waals surface area contributed by atoms with Crippen molar-refractivity contribution in [2.45, 2.75) is 13.3 Å². The second-order valence-corrected chi connectivity index (χ2v) is 3.56. The molecule has 0 unspecified atom stereocenters. The van der Waals surface area contributed by atoms with Crippen molar-refractivity contribution in [2.75, 3.05) is 11.9 Å². The third-order valence-corrected chi connectivity index (χ3v) is 2.30. The van der Waals surface area contributed by atoms with Crippen molar-refractivity contribution < 1.29 is 5.11 Å². The molecule has 1 aromatic rings. The maximum atomic E-state index is 9.42. The predicted molar refractivity (Wildman–Crippen MR) is 73.9 cm³/mol. The van der Waals surface area contributed by atoms with Crippen LogP contribution in [-0.2, 0) is 0 Å². The van der Waals surface area contributed by atoms with Gasteiger partial charge in [0.25, 0.3) is 0 Å². The van der Waals surface area contributed by atoms with Crippen molar-refractivity contribution in [3.63, 3.8) is 0 Å². The molecule has 0 saturated carbocycles. The number of aliphatic hydroxyl groups is 1. The first-order chi connectivity index (χ1) is 8.71. The van der Waals surface area contributed by atoms with Crippen molar-refractivity contribution >= 4 is 11.5 Å². The smallest absolute Gasteiger partial charge is 0.223 e. The number of aromatic nitrogens is 2. The fourth-order valence-electron chi connectivity index (χ4n) is 1.37. The molecule has 0 spiro atoms. The monoisotopic (exact) mass is 246 g/mol. The molecule has 0 amide bonds. The van der Waals surface area contributed by atoms with Crippen LogP contribution in [0.25, 0.3) is 5.57 Å². The maximum Gasteiger partial charge on any atom is 0.223 e. The molecule has 1 heterocycles. The first-order valence-electron chi connectivity index (χ1n) is 5.69. The number of aliphatic hydroxyl groups excluding tert-OH is 1. The topological polar surface area (TPSA) is 84.1 Å². The van der Waals surface area contributed by atoms with Gasteiger partial charge in [-0.3, -0.25) is 0 Å². The van der Waals surface area contributed by atoms with Gasteiger partial charge in [-0.05, 0) is 30.3 Å². The quantitative estimate of drug-likeness (QED) is 0.529. The summed E-state index contributed by atoms with van der Waals surface area (Å²) in [5.41, 5.74) is 7.26. The Bertz CT molecular complexity index is 466. The van der Waals surface area contributed by atoms with E-state index in [0.29, 0.717) is 5.95 Å². The van der Waals surface area contributed by atoms with Crippen LogP contribution in [0.5, 0.6) is 0 Å². The van der Waals surface area contributed by atoms with E-state index in [4.69, 9.17) is 5.73 Å². The lowest BCUT2D eigenvalue weighted by Crippen LogP contribution is -2.08. The van der Waals surface area contributed by atoms with E-state index in [0.717, 1.165) is 17.7 Å². The van der Waals surface area contributed by atoms with Gasteiger partial charge in [0.1, 0.15) is 5.76 Å². The molecule has 5 heteroatoms. The number of hydrogen-bond donors (Lipinski definition) is 3. The second-order valence-electron chi connectivity index (χ2n) is 3.56. The minimum atomic E-state index is 0.170. The van der Waals surface area contributed by atoms with Gasteiger partial charge in [-0.15, -0.1) is 0 Å². The summed E-state index contributed by atoms with van der Waals surface area (Å²) >= 11 is 0. The molecule has 0 atom stereocenters. The zero-order valence-electron chi connectivity index (χ0n) is 10.4. The molecule has 96 valence electrons. The van der Waals surface area contributed by atoms with Crippen molar-refractivity contribution in [1.82, 2.24) is 9.97 Å². The van der Waals surface area contributed by atoms with E-state index >= 15 is 0 Å². The van der Waals surface area contributed by atoms with Crippen LogP contribution >= 0.6 is 0 Å². The Morgan fingerprint density at radius 1 is 1.61 bits per heavy atom. The highest BCUT2D eigenvalue weighted by Crippen LogP contribution is 2.14. The summed E-state index contributed by atoms with van der Waals surface area (Å²) < 4.78 is 0. The fraction of sp³-hybridized carbons (Fsp3) is 0.231. The van der Waals surface area contributed by atoms with Gasteiger partial charge < -0.3 is 16.2 Å². The highest BCUT2D eigenvalue weighted by Gasteiger charge is 2.03. The fourth-order valence-corrected chi connectivity index (χ4v) is 1.37. The number of anilines is 1. The molecular formula is C13H18N4O. The van der Waals surface area contributed by atoms with E-state index in [9.17, 15) is 5.11 Å². The Morgan fingerprint density at radius 2 is 2.39 bits per heavy atom. The minimum absolute atomic E-state index is 0.170. The standard InChI is InChI=1S/C13H18N4O/c1-3-5-11(18)9-16-13-15-7-6-12(17-13)10(4-2)8-14/h3,5-8,18H,1,4,9,14H2,2H3,(H,15,16,17)/b10-8+,11-5-. The molecule has 0 fully saturated rings. The van der Waals surface area contributed by atoms with Crippen molar-refractivity contribution in [1.29, 1.82) is 0 Å². The molecule has 1 rings (SSSR count). The molecule has 0 aliphatic carbocycles. The van der Waals surface area contributed by atoms with E-state index in [1.54, 1.807) is 18.5 Å². The molecule has 4 N–H and O–H groups in total. The van der Waals surface area contributed by atoms with Gasteiger partial charge in [0, 0.05) is 6.20 Å². The van der Waals surface area contributed by atoms with E-state index in [-0.39, 0.29) is 12.3 Å². The Kier molecular flexibility index (Phi) is 5.44. The Labute approximate surface area is 107 Å². The van der Waals surface area contributed by atoms with Crippen LogP contribution in [0, 0.1) is 0 Å². The van der Waals surface area contributed by atoms with Gasteiger partial charge in [0.2, 0.25) is 5.95 Å². The number of nitrogens with one attached hydrogen (secondary N) is 1. The lowest BCUT2D eigenvalue weighted by Gasteiger charge is -2.07. The molecule has 0 saturated heterocycles. The summed E-state index contributed by atoms with van der Waals surface area (Å²) in [5.74, 6) is 0.619. The molecule has 0 aliphatic rings. The van der Waals surface area contributed by atoms with Crippen LogP contribution in [0.4, 0.5) is 5.95 Å².